The van der Waals surface area contributed by atoms with E-state index >= 15 is 0 Å². The van der Waals surface area contributed by atoms with E-state index in [-0.39, 0.29) is 12.5 Å². The van der Waals surface area contributed by atoms with Gasteiger partial charge in [0.05, 0.1) is 23.3 Å². The van der Waals surface area contributed by atoms with Crippen LogP contribution in [-0.2, 0) is 11.3 Å². The second-order valence-corrected chi connectivity index (χ2v) is 4.84. The van der Waals surface area contributed by atoms with E-state index in [9.17, 15) is 4.79 Å². The number of likely N-dealkylation sites (N-methyl/N-ethyl adjacent to an activating group) is 1. The number of amides is 1. The normalized spacial score (nSPS) is 9.80. The number of thiazole rings is 1. The maximum Gasteiger partial charge on any atom is 0.260 e. The molecule has 2 aromatic rings. The van der Waals surface area contributed by atoms with Crippen LogP contribution in [0.2, 0.25) is 0 Å². The van der Waals surface area contributed by atoms with Gasteiger partial charge >= 0.3 is 0 Å². The number of nitriles is 1. The van der Waals surface area contributed by atoms with Gasteiger partial charge in [-0.3, -0.25) is 4.79 Å². The molecule has 0 saturated heterocycles. The van der Waals surface area contributed by atoms with Gasteiger partial charge in [-0.25, -0.2) is 4.98 Å². The Morgan fingerprint density at radius 1 is 1.50 bits per heavy atom. The van der Waals surface area contributed by atoms with Crippen LogP contribution in [-0.4, -0.2) is 29.4 Å². The number of aromatic nitrogens is 1. The minimum Gasteiger partial charge on any atom is -0.482 e. The quantitative estimate of drug-likeness (QED) is 0.844. The number of para-hydroxylation sites is 1. The topological polar surface area (TPSA) is 66.2 Å². The molecule has 1 amide bonds. The predicted molar refractivity (Wildman–Crippen MR) is 75.2 cm³/mol. The molecule has 1 aromatic heterocycles. The minimum atomic E-state index is -0.161. The second kappa shape index (κ2) is 6.68. The Labute approximate surface area is 121 Å². The maximum atomic E-state index is 11.9. The Morgan fingerprint density at radius 3 is 3.00 bits per heavy atom. The molecule has 102 valence electrons. The Morgan fingerprint density at radius 2 is 2.30 bits per heavy atom. The fraction of sp³-hybridized carbons (Fsp3) is 0.214. The lowest BCUT2D eigenvalue weighted by Gasteiger charge is -2.16. The second-order valence-electron chi connectivity index (χ2n) is 4.13. The lowest BCUT2D eigenvalue weighted by molar-refractivity contribution is -0.132. The van der Waals surface area contributed by atoms with Crippen molar-refractivity contribution in [1.29, 1.82) is 5.26 Å². The zero-order valence-corrected chi connectivity index (χ0v) is 11.8. The lowest BCUT2D eigenvalue weighted by Crippen LogP contribution is -2.31. The van der Waals surface area contributed by atoms with Crippen LogP contribution in [0.1, 0.15) is 11.3 Å². The van der Waals surface area contributed by atoms with Gasteiger partial charge in [-0.05, 0) is 12.1 Å². The number of nitrogens with zero attached hydrogens (tertiary/aromatic N) is 3. The molecule has 0 aliphatic heterocycles. The first-order valence-electron chi connectivity index (χ1n) is 5.93. The summed E-state index contributed by atoms with van der Waals surface area (Å²) < 4.78 is 5.40. The third-order valence-corrected chi connectivity index (χ3v) is 3.30. The SMILES string of the molecule is CN(Cc1cscn1)C(=O)COc1ccccc1C#N. The molecule has 0 aliphatic rings. The molecule has 5 nitrogen and oxygen atoms in total. The van der Waals surface area contributed by atoms with Crippen LogP contribution in [0.3, 0.4) is 0 Å². The van der Waals surface area contributed by atoms with Crippen LogP contribution >= 0.6 is 11.3 Å². The van der Waals surface area contributed by atoms with Crippen molar-refractivity contribution in [2.24, 2.45) is 0 Å². The van der Waals surface area contributed by atoms with Crippen molar-refractivity contribution in [3.8, 4) is 11.8 Å². The highest BCUT2D eigenvalue weighted by atomic mass is 32.1. The van der Waals surface area contributed by atoms with Gasteiger partial charge in [-0.1, -0.05) is 12.1 Å². The molecule has 2 rings (SSSR count). The van der Waals surface area contributed by atoms with Gasteiger partial charge in [0.1, 0.15) is 11.8 Å². The average molecular weight is 287 g/mol. The first-order valence-corrected chi connectivity index (χ1v) is 6.88. The van der Waals surface area contributed by atoms with Gasteiger partial charge < -0.3 is 9.64 Å². The van der Waals surface area contributed by atoms with Crippen LogP contribution < -0.4 is 4.74 Å². The summed E-state index contributed by atoms with van der Waals surface area (Å²) in [5.74, 6) is 0.260. The number of hydrogen-bond donors (Lipinski definition) is 0. The molecule has 0 N–H and O–H groups in total. The molecule has 0 atom stereocenters. The highest BCUT2D eigenvalue weighted by molar-refractivity contribution is 7.07. The Hall–Kier alpha value is -2.39. The fourth-order valence-electron chi connectivity index (χ4n) is 1.58. The van der Waals surface area contributed by atoms with E-state index < -0.39 is 0 Å². The number of hydrogen-bond acceptors (Lipinski definition) is 5. The van der Waals surface area contributed by atoms with Gasteiger partial charge in [-0.2, -0.15) is 5.26 Å². The molecule has 0 saturated carbocycles. The van der Waals surface area contributed by atoms with Crippen molar-refractivity contribution in [3.63, 3.8) is 0 Å². The molecule has 0 radical (unpaired) electrons. The lowest BCUT2D eigenvalue weighted by atomic mass is 10.2. The van der Waals surface area contributed by atoms with Crippen LogP contribution in [0.15, 0.2) is 35.2 Å². The zero-order valence-electron chi connectivity index (χ0n) is 10.9. The van der Waals surface area contributed by atoms with Crippen molar-refractivity contribution in [3.05, 3.63) is 46.4 Å². The third kappa shape index (κ3) is 3.56. The van der Waals surface area contributed by atoms with Gasteiger partial charge in [-0.15, -0.1) is 11.3 Å². The summed E-state index contributed by atoms with van der Waals surface area (Å²) in [6.45, 7) is 0.352. The smallest absolute Gasteiger partial charge is 0.260 e. The van der Waals surface area contributed by atoms with Crippen LogP contribution in [0.5, 0.6) is 5.75 Å². The monoisotopic (exact) mass is 287 g/mol. The highest BCUT2D eigenvalue weighted by Crippen LogP contribution is 2.16. The number of rotatable bonds is 5. The molecule has 20 heavy (non-hydrogen) atoms. The van der Waals surface area contributed by atoms with Crippen LogP contribution in [0, 0.1) is 11.3 Å². The third-order valence-electron chi connectivity index (χ3n) is 2.67. The van der Waals surface area contributed by atoms with Gasteiger partial charge in [0.15, 0.2) is 6.61 Å². The summed E-state index contributed by atoms with van der Waals surface area (Å²) in [5, 5.41) is 10.8. The number of ether oxygens (including phenoxy) is 1. The summed E-state index contributed by atoms with van der Waals surface area (Å²) in [4.78, 5) is 17.6. The Kier molecular flexibility index (Phi) is 4.69. The van der Waals surface area contributed by atoms with Crippen LogP contribution in [0.4, 0.5) is 0 Å². The van der Waals surface area contributed by atoms with Gasteiger partial charge in [0.2, 0.25) is 0 Å². The van der Waals surface area contributed by atoms with E-state index in [1.807, 2.05) is 11.4 Å². The largest absolute Gasteiger partial charge is 0.482 e. The van der Waals surface area contributed by atoms with Crippen molar-refractivity contribution in [2.45, 2.75) is 6.54 Å². The van der Waals surface area contributed by atoms with E-state index in [1.165, 1.54) is 11.3 Å². The Bertz CT molecular complexity index is 620. The molecule has 1 aromatic carbocycles. The summed E-state index contributed by atoms with van der Waals surface area (Å²) in [6.07, 6.45) is 0. The van der Waals surface area contributed by atoms with E-state index in [1.54, 1.807) is 41.7 Å². The number of benzene rings is 1. The molecule has 1 heterocycles. The first kappa shape index (κ1) is 14.0. The molecule has 0 aliphatic carbocycles. The van der Waals surface area contributed by atoms with Crippen molar-refractivity contribution in [1.82, 2.24) is 9.88 Å². The highest BCUT2D eigenvalue weighted by Gasteiger charge is 2.12. The van der Waals surface area contributed by atoms with Gasteiger partial charge in [0.25, 0.3) is 5.91 Å². The number of carbonyl (C=O) groups excluding carboxylic acids is 1. The molecular weight excluding hydrogens is 274 g/mol. The van der Waals surface area contributed by atoms with Crippen LogP contribution in [0.25, 0.3) is 0 Å². The summed E-state index contributed by atoms with van der Waals surface area (Å²) in [5.41, 5.74) is 3.00. The maximum absolute atomic E-state index is 11.9. The summed E-state index contributed by atoms with van der Waals surface area (Å²) in [7, 11) is 1.70. The van der Waals surface area contributed by atoms with Crippen molar-refractivity contribution in [2.75, 3.05) is 13.7 Å². The molecule has 6 heteroatoms. The Balaban J connectivity index is 1.90. The minimum absolute atomic E-state index is 0.0979. The molecular formula is C14H13N3O2S. The summed E-state index contributed by atoms with van der Waals surface area (Å²) >= 11 is 1.49. The fourth-order valence-corrected chi connectivity index (χ4v) is 2.13. The molecule has 0 unspecified atom stereocenters. The van der Waals surface area contributed by atoms with Crippen molar-refractivity contribution >= 4 is 17.2 Å². The van der Waals surface area contributed by atoms with Gasteiger partial charge in [0, 0.05) is 12.4 Å². The van der Waals surface area contributed by atoms with E-state index in [0.29, 0.717) is 17.9 Å². The van der Waals surface area contributed by atoms with E-state index in [0.717, 1.165) is 5.69 Å². The molecule has 0 spiro atoms. The summed E-state index contributed by atoms with van der Waals surface area (Å²) in [6, 6.07) is 8.87. The predicted octanol–water partition coefficient (Wildman–Crippen LogP) is 2.05. The molecule has 0 fully saturated rings. The average Bonchev–Trinajstić information content (AvgIpc) is 2.97. The first-order chi connectivity index (χ1) is 9.70. The van der Waals surface area contributed by atoms with E-state index in [4.69, 9.17) is 10.00 Å². The zero-order chi connectivity index (χ0) is 14.4. The standard InChI is InChI=1S/C14H13N3O2S/c1-17(7-12-9-20-10-16-12)14(18)8-19-13-5-3-2-4-11(13)6-15/h2-5,9-10H,7-8H2,1H3. The van der Waals surface area contributed by atoms with E-state index in [2.05, 4.69) is 4.98 Å². The van der Waals surface area contributed by atoms with Crippen molar-refractivity contribution < 1.29 is 9.53 Å². The molecule has 0 bridgehead atoms. The number of carbonyl (C=O) groups is 1.